The fourth-order valence-corrected chi connectivity index (χ4v) is 3.99. The van der Waals surface area contributed by atoms with Crippen molar-refractivity contribution in [3.05, 3.63) is 78.0 Å². The fraction of sp³-hybridized carbons (Fsp3) is 0.296. The molecule has 1 aliphatic rings. The van der Waals surface area contributed by atoms with Crippen LogP contribution in [0.1, 0.15) is 35.7 Å². The van der Waals surface area contributed by atoms with Crippen LogP contribution in [0.25, 0.3) is 0 Å². The lowest BCUT2D eigenvalue weighted by molar-refractivity contribution is -0.120. The summed E-state index contributed by atoms with van der Waals surface area (Å²) in [5, 5.41) is 5.93. The second-order valence-corrected chi connectivity index (χ2v) is 8.43. The van der Waals surface area contributed by atoms with E-state index in [2.05, 4.69) is 20.5 Å². The van der Waals surface area contributed by atoms with Crippen molar-refractivity contribution in [2.45, 2.75) is 26.7 Å². The first-order valence-electron chi connectivity index (χ1n) is 11.6. The van der Waals surface area contributed by atoms with Crippen LogP contribution in [-0.2, 0) is 4.79 Å². The molecule has 7 nitrogen and oxygen atoms in total. The van der Waals surface area contributed by atoms with Gasteiger partial charge in [0.05, 0.1) is 6.61 Å². The predicted octanol–water partition coefficient (Wildman–Crippen LogP) is 4.90. The number of pyridine rings is 1. The first kappa shape index (κ1) is 23.3. The van der Waals surface area contributed by atoms with Gasteiger partial charge in [0.25, 0.3) is 5.91 Å². The fourth-order valence-electron chi connectivity index (χ4n) is 3.99. The van der Waals surface area contributed by atoms with Crippen LogP contribution >= 0.6 is 0 Å². The Bertz CT molecular complexity index is 1120. The van der Waals surface area contributed by atoms with Gasteiger partial charge in [-0.25, -0.2) is 4.98 Å². The zero-order valence-electron chi connectivity index (χ0n) is 19.6. The molecule has 7 heteroatoms. The Balaban J connectivity index is 1.32. The largest absolute Gasteiger partial charge is 0.494 e. The Morgan fingerprint density at radius 2 is 1.62 bits per heavy atom. The maximum absolute atomic E-state index is 12.8. The van der Waals surface area contributed by atoms with Crippen molar-refractivity contribution in [1.29, 1.82) is 0 Å². The third-order valence-corrected chi connectivity index (χ3v) is 5.94. The van der Waals surface area contributed by atoms with Gasteiger partial charge >= 0.3 is 0 Å². The number of piperidine rings is 1. The Morgan fingerprint density at radius 3 is 2.29 bits per heavy atom. The summed E-state index contributed by atoms with van der Waals surface area (Å²) < 4.78 is 5.44. The normalized spacial score (nSPS) is 13.9. The molecule has 0 saturated carbocycles. The molecule has 3 aromatic rings. The molecule has 1 aromatic heterocycles. The highest BCUT2D eigenvalue weighted by Crippen LogP contribution is 2.24. The SMILES string of the molecule is CCOc1ccc(NC(=O)c2ccnc(N3CCC(C(=O)Nc4ccc(C)cc4)CC3)c2)cc1. The molecule has 34 heavy (non-hydrogen) atoms. The molecule has 1 fully saturated rings. The van der Waals surface area contributed by atoms with Crippen molar-refractivity contribution < 1.29 is 14.3 Å². The number of nitrogens with one attached hydrogen (secondary N) is 2. The summed E-state index contributed by atoms with van der Waals surface area (Å²) in [7, 11) is 0. The molecule has 2 N–H and O–H groups in total. The van der Waals surface area contributed by atoms with Crippen molar-refractivity contribution in [3.63, 3.8) is 0 Å². The summed E-state index contributed by atoms with van der Waals surface area (Å²) in [4.78, 5) is 32.0. The minimum atomic E-state index is -0.194. The molecular formula is C27H30N4O3. The van der Waals surface area contributed by atoms with Crippen LogP contribution in [-0.4, -0.2) is 36.5 Å². The molecule has 0 bridgehead atoms. The zero-order valence-corrected chi connectivity index (χ0v) is 19.6. The van der Waals surface area contributed by atoms with Gasteiger partial charge in [0.2, 0.25) is 5.91 Å². The van der Waals surface area contributed by atoms with E-state index < -0.39 is 0 Å². The number of amides is 2. The summed E-state index contributed by atoms with van der Waals surface area (Å²) in [5.74, 6) is 1.34. The van der Waals surface area contributed by atoms with Gasteiger partial charge in [-0.2, -0.15) is 0 Å². The van der Waals surface area contributed by atoms with Gasteiger partial charge in [-0.05, 0) is 75.2 Å². The van der Waals surface area contributed by atoms with E-state index in [0.717, 1.165) is 35.7 Å². The molecule has 0 atom stereocenters. The molecule has 0 unspecified atom stereocenters. The van der Waals surface area contributed by atoms with E-state index in [-0.39, 0.29) is 17.7 Å². The van der Waals surface area contributed by atoms with Crippen LogP contribution in [0.2, 0.25) is 0 Å². The van der Waals surface area contributed by atoms with Gasteiger partial charge in [-0.1, -0.05) is 17.7 Å². The molecular weight excluding hydrogens is 428 g/mol. The lowest BCUT2D eigenvalue weighted by Gasteiger charge is -2.32. The van der Waals surface area contributed by atoms with Crippen LogP contribution in [0.3, 0.4) is 0 Å². The van der Waals surface area contributed by atoms with Crippen molar-refractivity contribution >= 4 is 29.0 Å². The Kier molecular flexibility index (Phi) is 7.42. The number of benzene rings is 2. The molecule has 0 aliphatic carbocycles. The molecule has 2 aromatic carbocycles. The smallest absolute Gasteiger partial charge is 0.255 e. The summed E-state index contributed by atoms with van der Waals surface area (Å²) in [5.41, 5.74) is 3.23. The van der Waals surface area contributed by atoms with E-state index in [9.17, 15) is 9.59 Å². The van der Waals surface area contributed by atoms with Crippen molar-refractivity contribution in [1.82, 2.24) is 4.98 Å². The highest BCUT2D eigenvalue weighted by molar-refractivity contribution is 6.04. The summed E-state index contributed by atoms with van der Waals surface area (Å²) in [6.07, 6.45) is 3.13. The second kappa shape index (κ2) is 10.8. The topological polar surface area (TPSA) is 83.6 Å². The quantitative estimate of drug-likeness (QED) is 0.526. The average Bonchev–Trinajstić information content (AvgIpc) is 2.87. The van der Waals surface area contributed by atoms with Gasteiger partial charge < -0.3 is 20.3 Å². The summed E-state index contributed by atoms with van der Waals surface area (Å²) in [6, 6.07) is 18.6. The number of nitrogens with zero attached hydrogens (tertiary/aromatic N) is 2. The van der Waals surface area contributed by atoms with Crippen LogP contribution in [0.15, 0.2) is 66.9 Å². The predicted molar refractivity (Wildman–Crippen MR) is 135 cm³/mol. The lowest BCUT2D eigenvalue weighted by Crippen LogP contribution is -2.38. The third kappa shape index (κ3) is 5.92. The van der Waals surface area contributed by atoms with Gasteiger partial charge in [0, 0.05) is 42.1 Å². The van der Waals surface area contributed by atoms with Crippen LogP contribution in [0.4, 0.5) is 17.2 Å². The number of aryl methyl sites for hydroxylation is 1. The number of hydrogen-bond donors (Lipinski definition) is 2. The van der Waals surface area contributed by atoms with Gasteiger partial charge in [-0.15, -0.1) is 0 Å². The second-order valence-electron chi connectivity index (χ2n) is 8.43. The van der Waals surface area contributed by atoms with E-state index in [1.165, 1.54) is 0 Å². The molecule has 1 aliphatic heterocycles. The number of ether oxygens (including phenoxy) is 1. The van der Waals surface area contributed by atoms with Crippen LogP contribution in [0.5, 0.6) is 5.75 Å². The molecule has 0 spiro atoms. The molecule has 4 rings (SSSR count). The average molecular weight is 459 g/mol. The Hall–Kier alpha value is -3.87. The van der Waals surface area contributed by atoms with Crippen LogP contribution in [0, 0.1) is 12.8 Å². The van der Waals surface area contributed by atoms with Gasteiger partial charge in [-0.3, -0.25) is 9.59 Å². The number of anilines is 3. The maximum atomic E-state index is 12.8. The first-order chi connectivity index (χ1) is 16.5. The van der Waals surface area contributed by atoms with Crippen molar-refractivity contribution in [2.24, 2.45) is 5.92 Å². The molecule has 2 heterocycles. The maximum Gasteiger partial charge on any atom is 0.255 e. The number of rotatable bonds is 7. The summed E-state index contributed by atoms with van der Waals surface area (Å²) in [6.45, 7) is 5.97. The number of carbonyl (C=O) groups is 2. The number of carbonyl (C=O) groups excluding carboxylic acids is 2. The van der Waals surface area contributed by atoms with E-state index in [1.807, 2.05) is 62.4 Å². The minimum Gasteiger partial charge on any atom is -0.494 e. The monoisotopic (exact) mass is 458 g/mol. The highest BCUT2D eigenvalue weighted by Gasteiger charge is 2.26. The van der Waals surface area contributed by atoms with E-state index in [1.54, 1.807) is 18.3 Å². The molecule has 1 saturated heterocycles. The van der Waals surface area contributed by atoms with Gasteiger partial charge in [0.1, 0.15) is 11.6 Å². The van der Waals surface area contributed by atoms with E-state index in [0.29, 0.717) is 30.9 Å². The Morgan fingerprint density at radius 1 is 0.971 bits per heavy atom. The molecule has 2 amide bonds. The van der Waals surface area contributed by atoms with Gasteiger partial charge in [0.15, 0.2) is 0 Å². The summed E-state index contributed by atoms with van der Waals surface area (Å²) >= 11 is 0. The number of hydrogen-bond acceptors (Lipinski definition) is 5. The Labute approximate surface area is 200 Å². The zero-order chi connectivity index (χ0) is 23.9. The van der Waals surface area contributed by atoms with E-state index >= 15 is 0 Å². The third-order valence-electron chi connectivity index (χ3n) is 5.94. The van der Waals surface area contributed by atoms with Crippen molar-refractivity contribution in [3.8, 4) is 5.75 Å². The molecule has 0 radical (unpaired) electrons. The first-order valence-corrected chi connectivity index (χ1v) is 11.6. The standard InChI is InChI=1S/C27H30N4O3/c1-3-34-24-10-8-23(9-11-24)30-27(33)21-12-15-28-25(18-21)31-16-13-20(14-17-31)26(32)29-22-6-4-19(2)5-7-22/h4-12,15,18,20H,3,13-14,16-17H2,1-2H3,(H,29,32)(H,30,33). The lowest BCUT2D eigenvalue weighted by atomic mass is 9.95. The van der Waals surface area contributed by atoms with Crippen LogP contribution < -0.4 is 20.3 Å². The highest BCUT2D eigenvalue weighted by atomic mass is 16.5. The number of aromatic nitrogens is 1. The minimum absolute atomic E-state index is 0.0382. The van der Waals surface area contributed by atoms with Crippen molar-refractivity contribution in [2.75, 3.05) is 35.2 Å². The van der Waals surface area contributed by atoms with E-state index in [4.69, 9.17) is 4.74 Å². The molecule has 176 valence electrons.